The average molecular weight is 215 g/mol. The predicted octanol–water partition coefficient (Wildman–Crippen LogP) is -0.900. The molecule has 0 saturated heterocycles. The second-order valence-electron chi connectivity index (χ2n) is 2.58. The lowest BCUT2D eigenvalue weighted by Gasteiger charge is -2.10. The van der Waals surface area contributed by atoms with Crippen molar-refractivity contribution in [3.63, 3.8) is 0 Å². The summed E-state index contributed by atoms with van der Waals surface area (Å²) in [4.78, 5) is 33.1. The first-order valence-corrected chi connectivity index (χ1v) is 3.60. The van der Waals surface area contributed by atoms with Crippen molar-refractivity contribution in [3.8, 4) is 0 Å². The Hall–Kier alpha value is -2.39. The van der Waals surface area contributed by atoms with Crippen LogP contribution in [-0.4, -0.2) is 30.8 Å². The quantitative estimate of drug-likeness (QED) is 0.389. The molecule has 0 aliphatic rings. The highest BCUT2D eigenvalue weighted by Gasteiger charge is 2.66. The normalized spacial score (nSPS) is 11.0. The summed E-state index contributed by atoms with van der Waals surface area (Å²) in [7, 11) is 0. The first-order valence-electron chi connectivity index (χ1n) is 3.60. The predicted molar refractivity (Wildman–Crippen MR) is 42.7 cm³/mol. The zero-order valence-corrected chi connectivity index (χ0v) is 7.41. The molecule has 10 nitrogen and oxygen atoms in total. The Morgan fingerprint density at radius 3 is 2.27 bits per heavy atom. The lowest BCUT2D eigenvalue weighted by molar-refractivity contribution is -0.789. The highest BCUT2D eigenvalue weighted by Crippen LogP contribution is 2.23. The Kier molecular flexibility index (Phi) is 2.42. The molecule has 0 radical (unpaired) electrons. The summed E-state index contributed by atoms with van der Waals surface area (Å²) in [6.07, 6.45) is 0.847. The molecule has 0 aliphatic heterocycles. The van der Waals surface area contributed by atoms with Crippen molar-refractivity contribution in [3.05, 3.63) is 32.4 Å². The summed E-state index contributed by atoms with van der Waals surface area (Å²) in [6, 6.07) is 0. The molecule has 0 unspecified atom stereocenters. The summed E-state index contributed by atoms with van der Waals surface area (Å²) in [5.74, 6) is -1.97. The Labute approximate surface area is 81.6 Å². The monoisotopic (exact) mass is 215 g/mol. The van der Waals surface area contributed by atoms with E-state index in [0.29, 0.717) is 0 Å². The van der Waals surface area contributed by atoms with E-state index in [1.54, 1.807) is 0 Å². The molecule has 0 aromatic carbocycles. The molecule has 0 spiro atoms. The Balaban J connectivity index is 3.47. The maximum absolute atomic E-state index is 11.1. The van der Waals surface area contributed by atoms with Crippen molar-refractivity contribution in [2.45, 2.75) is 12.6 Å². The molecule has 1 rings (SSSR count). The third-order valence-corrected chi connectivity index (χ3v) is 1.76. The Morgan fingerprint density at radius 2 is 2.00 bits per heavy atom. The number of rotatable bonds is 4. The molecule has 80 valence electrons. The van der Waals surface area contributed by atoms with Gasteiger partial charge in [-0.2, -0.15) is 5.10 Å². The minimum Gasteiger partial charge on any atom is -0.283 e. The topological polar surface area (TPSA) is 145 Å². The molecular formula is C5H5N5O5. The standard InChI is InChI=1S/C5H5N5O5/c1-3(11)5(9(12)13,10(14)15)4-6-2-7-8-4/h2H,1H3,(H,6,7,8). The summed E-state index contributed by atoms with van der Waals surface area (Å²) in [5.41, 5.74) is -3.10. The van der Waals surface area contributed by atoms with Crippen molar-refractivity contribution in [2.24, 2.45) is 0 Å². The van der Waals surface area contributed by atoms with Gasteiger partial charge in [0.25, 0.3) is 11.6 Å². The lowest BCUT2D eigenvalue weighted by atomic mass is 10.1. The van der Waals surface area contributed by atoms with Crippen LogP contribution in [0.25, 0.3) is 0 Å². The Bertz CT molecular complexity index is 375. The van der Waals surface area contributed by atoms with Crippen LogP contribution in [0.4, 0.5) is 0 Å². The number of aromatic nitrogens is 3. The number of nitrogens with one attached hydrogen (secondary N) is 1. The van der Waals surface area contributed by atoms with E-state index >= 15 is 0 Å². The number of carbonyl (C=O) groups excluding carboxylic acids is 1. The molecular weight excluding hydrogens is 210 g/mol. The summed E-state index contributed by atoms with van der Waals surface area (Å²) >= 11 is 0. The van der Waals surface area contributed by atoms with E-state index in [2.05, 4.69) is 10.1 Å². The Morgan fingerprint density at radius 1 is 1.47 bits per heavy atom. The number of nitro groups is 2. The molecule has 1 aromatic heterocycles. The van der Waals surface area contributed by atoms with E-state index in [0.717, 1.165) is 13.3 Å². The third kappa shape index (κ3) is 1.31. The minimum absolute atomic E-state index is 0.718. The average Bonchev–Trinajstić information content (AvgIpc) is 2.55. The zero-order valence-electron chi connectivity index (χ0n) is 7.41. The smallest absolute Gasteiger partial charge is 0.283 e. The van der Waals surface area contributed by atoms with Crippen LogP contribution in [0.15, 0.2) is 6.33 Å². The molecule has 0 saturated carbocycles. The molecule has 0 atom stereocenters. The fourth-order valence-electron chi connectivity index (χ4n) is 1.04. The number of aromatic amines is 1. The highest BCUT2D eigenvalue weighted by molar-refractivity contribution is 5.83. The zero-order chi connectivity index (χ0) is 11.6. The van der Waals surface area contributed by atoms with Gasteiger partial charge in [0.2, 0.25) is 0 Å². The summed E-state index contributed by atoms with van der Waals surface area (Å²) < 4.78 is 0. The fraction of sp³-hybridized carbons (Fsp3) is 0.400. The number of hydrogen-bond acceptors (Lipinski definition) is 7. The molecule has 0 aliphatic carbocycles. The van der Waals surface area contributed by atoms with Crippen molar-refractivity contribution < 1.29 is 14.6 Å². The van der Waals surface area contributed by atoms with Crippen LogP contribution in [0.3, 0.4) is 0 Å². The lowest BCUT2D eigenvalue weighted by Crippen LogP contribution is -2.50. The van der Waals surface area contributed by atoms with Crippen molar-refractivity contribution in [1.82, 2.24) is 15.2 Å². The van der Waals surface area contributed by atoms with Gasteiger partial charge >= 0.3 is 5.66 Å². The minimum atomic E-state index is -3.10. The highest BCUT2D eigenvalue weighted by atomic mass is 16.7. The molecule has 1 aromatic rings. The van der Waals surface area contributed by atoms with Gasteiger partial charge in [-0.3, -0.25) is 30.1 Å². The van der Waals surface area contributed by atoms with E-state index in [1.165, 1.54) is 0 Å². The van der Waals surface area contributed by atoms with Gasteiger partial charge in [0.1, 0.15) is 16.2 Å². The van der Waals surface area contributed by atoms with Crippen molar-refractivity contribution in [1.29, 1.82) is 0 Å². The molecule has 1 N–H and O–H groups in total. The van der Waals surface area contributed by atoms with Gasteiger partial charge in [-0.05, 0) is 0 Å². The molecule has 0 bridgehead atoms. The number of H-pyrrole nitrogens is 1. The maximum Gasteiger partial charge on any atom is 0.574 e. The van der Waals surface area contributed by atoms with Gasteiger partial charge in [0, 0.05) is 6.92 Å². The fourth-order valence-corrected chi connectivity index (χ4v) is 1.04. The van der Waals surface area contributed by atoms with E-state index in [-0.39, 0.29) is 0 Å². The first-order chi connectivity index (χ1) is 6.94. The van der Waals surface area contributed by atoms with E-state index in [4.69, 9.17) is 0 Å². The molecule has 0 amide bonds. The number of Topliss-reactive ketones (excluding diaryl/α,β-unsaturated/α-hetero) is 1. The van der Waals surface area contributed by atoms with Crippen LogP contribution < -0.4 is 0 Å². The summed E-state index contributed by atoms with van der Waals surface area (Å²) in [5, 5.41) is 26.5. The molecule has 15 heavy (non-hydrogen) atoms. The largest absolute Gasteiger partial charge is 0.574 e. The van der Waals surface area contributed by atoms with Gasteiger partial charge < -0.3 is 0 Å². The first kappa shape index (κ1) is 10.7. The van der Waals surface area contributed by atoms with Crippen LogP contribution in [0.1, 0.15) is 12.7 Å². The van der Waals surface area contributed by atoms with Crippen LogP contribution in [0.5, 0.6) is 0 Å². The second kappa shape index (κ2) is 3.40. The number of hydrogen-bond donors (Lipinski definition) is 1. The molecule has 1 heterocycles. The van der Waals surface area contributed by atoms with Gasteiger partial charge in [-0.25, -0.2) is 4.98 Å². The third-order valence-electron chi connectivity index (χ3n) is 1.76. The number of nitrogens with zero attached hydrogens (tertiary/aromatic N) is 4. The number of carbonyl (C=O) groups is 1. The van der Waals surface area contributed by atoms with Gasteiger partial charge in [-0.1, -0.05) is 0 Å². The van der Waals surface area contributed by atoms with Crippen LogP contribution in [0, 0.1) is 20.2 Å². The molecule has 10 heteroatoms. The van der Waals surface area contributed by atoms with E-state index in [1.807, 2.05) is 5.10 Å². The molecule has 0 fully saturated rings. The van der Waals surface area contributed by atoms with Crippen LogP contribution in [0.2, 0.25) is 0 Å². The second-order valence-corrected chi connectivity index (χ2v) is 2.58. The van der Waals surface area contributed by atoms with E-state index < -0.39 is 27.1 Å². The van der Waals surface area contributed by atoms with Gasteiger partial charge in [0.05, 0.1) is 0 Å². The van der Waals surface area contributed by atoms with Crippen molar-refractivity contribution in [2.75, 3.05) is 0 Å². The van der Waals surface area contributed by atoms with Gasteiger partial charge in [0.15, 0.2) is 0 Å². The maximum atomic E-state index is 11.1. The number of ketones is 1. The SMILES string of the molecule is CC(=O)C(c1ncn[nH]1)([N+](=O)[O-])[N+](=O)[O-]. The van der Waals surface area contributed by atoms with Gasteiger partial charge in [-0.15, -0.1) is 0 Å². The van der Waals surface area contributed by atoms with Crippen molar-refractivity contribution >= 4 is 5.78 Å². The van der Waals surface area contributed by atoms with Crippen LogP contribution >= 0.6 is 0 Å². The van der Waals surface area contributed by atoms with E-state index in [9.17, 15) is 25.0 Å². The van der Waals surface area contributed by atoms with Crippen LogP contribution in [-0.2, 0) is 10.5 Å². The summed E-state index contributed by atoms with van der Waals surface area (Å²) in [6.45, 7) is 0.744.